The van der Waals surface area contributed by atoms with Crippen molar-refractivity contribution in [1.29, 1.82) is 0 Å². The predicted octanol–water partition coefficient (Wildman–Crippen LogP) is 3.04. The molecule has 0 saturated carbocycles. The van der Waals surface area contributed by atoms with E-state index in [1.807, 2.05) is 13.8 Å². The van der Waals surface area contributed by atoms with Gasteiger partial charge >= 0.3 is 11.9 Å². The fraction of sp³-hybridized carbons (Fsp3) is 0.545. The molecule has 2 amide bonds. The Hall–Kier alpha value is -2.61. The molecule has 1 aromatic carbocycles. The molecule has 0 heterocycles. The minimum atomic E-state index is -1.37. The number of halogens is 1. The van der Waals surface area contributed by atoms with E-state index in [1.54, 1.807) is 45.0 Å². The van der Waals surface area contributed by atoms with Crippen LogP contribution in [0, 0.1) is 11.3 Å². The zero-order valence-electron chi connectivity index (χ0n) is 18.4. The van der Waals surface area contributed by atoms with Gasteiger partial charge in [0.05, 0.1) is 5.92 Å². The van der Waals surface area contributed by atoms with Gasteiger partial charge in [0, 0.05) is 11.4 Å². The minimum absolute atomic E-state index is 0.0767. The molecule has 1 rings (SSSR count). The summed E-state index contributed by atoms with van der Waals surface area (Å²) in [7, 11) is 0. The van der Waals surface area contributed by atoms with Crippen molar-refractivity contribution in [2.45, 2.75) is 65.5 Å². The van der Waals surface area contributed by atoms with E-state index >= 15 is 0 Å². The van der Waals surface area contributed by atoms with Gasteiger partial charge in [0.2, 0.25) is 11.8 Å². The van der Waals surface area contributed by atoms with Crippen LogP contribution < -0.4 is 10.6 Å². The SMILES string of the molecule is CC(C)[C@@H](C(=O)N[C@H](C(=O)N[C@H](CCC(=O)O)C(=O)O)C(C)(C)C)c1ccc(Cl)cc1. The zero-order valence-corrected chi connectivity index (χ0v) is 19.2. The van der Waals surface area contributed by atoms with Gasteiger partial charge < -0.3 is 20.8 Å². The van der Waals surface area contributed by atoms with Crippen LogP contribution in [-0.4, -0.2) is 46.0 Å². The van der Waals surface area contributed by atoms with E-state index in [0.29, 0.717) is 5.02 Å². The molecule has 8 nitrogen and oxygen atoms in total. The number of amides is 2. The van der Waals surface area contributed by atoms with Crippen LogP contribution in [0.3, 0.4) is 0 Å². The lowest BCUT2D eigenvalue weighted by atomic mass is 9.83. The summed E-state index contributed by atoms with van der Waals surface area (Å²) in [5.41, 5.74) is 0.0201. The Labute approximate surface area is 187 Å². The summed E-state index contributed by atoms with van der Waals surface area (Å²) in [5, 5.41) is 23.8. The van der Waals surface area contributed by atoms with Gasteiger partial charge in [0.25, 0.3) is 0 Å². The summed E-state index contributed by atoms with van der Waals surface area (Å²) in [4.78, 5) is 48.3. The highest BCUT2D eigenvalue weighted by molar-refractivity contribution is 6.30. The van der Waals surface area contributed by atoms with Crippen molar-refractivity contribution in [3.8, 4) is 0 Å². The van der Waals surface area contributed by atoms with Crippen LogP contribution in [0.1, 0.15) is 58.9 Å². The topological polar surface area (TPSA) is 133 Å². The van der Waals surface area contributed by atoms with Crippen molar-refractivity contribution in [3.05, 3.63) is 34.9 Å². The molecule has 0 unspecified atom stereocenters. The Bertz CT molecular complexity index is 801. The van der Waals surface area contributed by atoms with E-state index in [4.69, 9.17) is 16.7 Å². The maximum atomic E-state index is 13.1. The van der Waals surface area contributed by atoms with E-state index < -0.39 is 47.7 Å². The molecule has 9 heteroatoms. The Morgan fingerprint density at radius 3 is 1.94 bits per heavy atom. The van der Waals surface area contributed by atoms with Gasteiger partial charge in [-0.1, -0.05) is 58.4 Å². The molecule has 0 radical (unpaired) electrons. The van der Waals surface area contributed by atoms with E-state index in [9.17, 15) is 24.3 Å². The fourth-order valence-corrected chi connectivity index (χ4v) is 3.32. The molecule has 0 aliphatic carbocycles. The molecule has 0 fully saturated rings. The lowest BCUT2D eigenvalue weighted by molar-refractivity contribution is -0.144. The summed E-state index contributed by atoms with van der Waals surface area (Å²) < 4.78 is 0. The third-order valence-corrected chi connectivity index (χ3v) is 5.11. The second-order valence-electron chi connectivity index (χ2n) is 8.91. The highest BCUT2D eigenvalue weighted by Gasteiger charge is 2.37. The minimum Gasteiger partial charge on any atom is -0.481 e. The predicted molar refractivity (Wildman–Crippen MR) is 117 cm³/mol. The van der Waals surface area contributed by atoms with Crippen molar-refractivity contribution in [2.75, 3.05) is 0 Å². The van der Waals surface area contributed by atoms with Gasteiger partial charge in [-0.3, -0.25) is 14.4 Å². The number of rotatable bonds is 10. The number of aliphatic carboxylic acids is 2. The van der Waals surface area contributed by atoms with Crippen LogP contribution in [0.2, 0.25) is 5.02 Å². The fourth-order valence-electron chi connectivity index (χ4n) is 3.20. The molecular formula is C22H31ClN2O6. The summed E-state index contributed by atoms with van der Waals surface area (Å²) >= 11 is 5.94. The van der Waals surface area contributed by atoms with Crippen LogP contribution >= 0.6 is 11.6 Å². The van der Waals surface area contributed by atoms with E-state index in [2.05, 4.69) is 10.6 Å². The molecule has 1 aromatic rings. The van der Waals surface area contributed by atoms with Gasteiger partial charge in [-0.25, -0.2) is 4.79 Å². The Balaban J connectivity index is 3.08. The van der Waals surface area contributed by atoms with Crippen molar-refractivity contribution in [2.24, 2.45) is 11.3 Å². The normalized spacial score (nSPS) is 14.4. The molecule has 3 atom stereocenters. The second-order valence-corrected chi connectivity index (χ2v) is 9.35. The summed E-state index contributed by atoms with van der Waals surface area (Å²) in [6.07, 6.45) is -0.670. The Kier molecular flexibility index (Phi) is 9.49. The molecule has 0 saturated heterocycles. The first-order valence-corrected chi connectivity index (χ1v) is 10.4. The number of carboxylic acid groups (broad SMARTS) is 2. The Morgan fingerprint density at radius 2 is 1.52 bits per heavy atom. The summed E-state index contributed by atoms with van der Waals surface area (Å²) in [6, 6.07) is 4.49. The molecule has 172 valence electrons. The average Bonchev–Trinajstić information content (AvgIpc) is 2.63. The highest BCUT2D eigenvalue weighted by atomic mass is 35.5. The molecule has 4 N–H and O–H groups in total. The lowest BCUT2D eigenvalue weighted by Crippen LogP contribution is -2.57. The third kappa shape index (κ3) is 8.20. The van der Waals surface area contributed by atoms with Gasteiger partial charge in [-0.05, 0) is 35.4 Å². The summed E-state index contributed by atoms with van der Waals surface area (Å²) in [6.45, 7) is 9.01. The molecule has 0 aliphatic heterocycles. The number of hydrogen-bond donors (Lipinski definition) is 4. The standard InChI is InChI=1S/C22H31ClN2O6/c1-12(2)17(13-6-8-14(23)9-7-13)19(28)25-18(22(3,4)5)20(29)24-15(21(30)31)10-11-16(26)27/h6-9,12,15,17-18H,10-11H2,1-5H3,(H,24,29)(H,25,28)(H,26,27)(H,30,31)/t15-,17-,18-/m1/s1. The number of nitrogens with one attached hydrogen (secondary N) is 2. The van der Waals surface area contributed by atoms with Gasteiger partial charge in [-0.2, -0.15) is 0 Å². The molecule has 0 bridgehead atoms. The molecule has 0 spiro atoms. The van der Waals surface area contributed by atoms with Crippen molar-refractivity contribution in [1.82, 2.24) is 10.6 Å². The largest absolute Gasteiger partial charge is 0.481 e. The summed E-state index contributed by atoms with van der Waals surface area (Å²) in [5.74, 6) is -4.18. The van der Waals surface area contributed by atoms with Crippen molar-refractivity contribution in [3.63, 3.8) is 0 Å². The van der Waals surface area contributed by atoms with Crippen molar-refractivity contribution >= 4 is 35.4 Å². The first-order chi connectivity index (χ1) is 14.2. The highest BCUT2D eigenvalue weighted by Crippen LogP contribution is 2.28. The van der Waals surface area contributed by atoms with Crippen LogP contribution in [0.5, 0.6) is 0 Å². The van der Waals surface area contributed by atoms with Gasteiger partial charge in [-0.15, -0.1) is 0 Å². The number of carboxylic acids is 2. The number of hydrogen-bond acceptors (Lipinski definition) is 4. The van der Waals surface area contributed by atoms with Crippen LogP contribution in [0.4, 0.5) is 0 Å². The number of carbonyl (C=O) groups is 4. The first kappa shape index (κ1) is 26.4. The molecule has 0 aliphatic rings. The van der Waals surface area contributed by atoms with E-state index in [0.717, 1.165) is 5.56 Å². The van der Waals surface area contributed by atoms with E-state index in [-0.39, 0.29) is 18.2 Å². The maximum absolute atomic E-state index is 13.1. The van der Waals surface area contributed by atoms with Gasteiger partial charge in [0.15, 0.2) is 0 Å². The molecule has 31 heavy (non-hydrogen) atoms. The van der Waals surface area contributed by atoms with Crippen LogP contribution in [-0.2, 0) is 19.2 Å². The maximum Gasteiger partial charge on any atom is 0.326 e. The van der Waals surface area contributed by atoms with Crippen LogP contribution in [0.25, 0.3) is 0 Å². The second kappa shape index (κ2) is 11.1. The van der Waals surface area contributed by atoms with Crippen LogP contribution in [0.15, 0.2) is 24.3 Å². The number of carbonyl (C=O) groups excluding carboxylic acids is 2. The van der Waals surface area contributed by atoms with Crippen molar-refractivity contribution < 1.29 is 29.4 Å². The zero-order chi connectivity index (χ0) is 23.9. The first-order valence-electron chi connectivity index (χ1n) is 10.0. The lowest BCUT2D eigenvalue weighted by Gasteiger charge is -2.33. The Morgan fingerprint density at radius 1 is 0.968 bits per heavy atom. The van der Waals surface area contributed by atoms with Gasteiger partial charge in [0.1, 0.15) is 12.1 Å². The smallest absolute Gasteiger partial charge is 0.326 e. The molecular weight excluding hydrogens is 424 g/mol. The quantitative estimate of drug-likeness (QED) is 0.429. The number of benzene rings is 1. The average molecular weight is 455 g/mol. The molecule has 0 aromatic heterocycles. The third-order valence-electron chi connectivity index (χ3n) is 4.85. The monoisotopic (exact) mass is 454 g/mol. The van der Waals surface area contributed by atoms with E-state index in [1.165, 1.54) is 0 Å².